The van der Waals surface area contributed by atoms with Crippen LogP contribution < -0.4 is 15.6 Å². The Labute approximate surface area is 310 Å². The molecule has 0 radical (unpaired) electrons. The van der Waals surface area contributed by atoms with Gasteiger partial charge in [-0.25, -0.2) is 4.79 Å². The molecule has 4 heterocycles. The summed E-state index contributed by atoms with van der Waals surface area (Å²) >= 11 is 6.43. The number of carboxylic acid groups (broad SMARTS) is 1. The molecule has 2 bridgehead atoms. The molecule has 4 aromatic rings. The van der Waals surface area contributed by atoms with E-state index in [-0.39, 0.29) is 17.4 Å². The van der Waals surface area contributed by atoms with Crippen LogP contribution in [0.3, 0.4) is 0 Å². The van der Waals surface area contributed by atoms with Crippen LogP contribution in [0.5, 0.6) is 11.5 Å². The molecular formula is C41H51ClN4O6. The zero-order valence-electron chi connectivity index (χ0n) is 29.7. The van der Waals surface area contributed by atoms with Crippen molar-refractivity contribution in [1.82, 2.24) is 20.1 Å². The molecule has 1 amide bonds. The number of benzene rings is 3. The Hall–Kier alpha value is -4.09. The number of aliphatic hydroxyl groups excluding tert-OH is 1. The van der Waals surface area contributed by atoms with E-state index in [4.69, 9.17) is 16.3 Å². The quantitative estimate of drug-likeness (QED) is 0.0665. The molecule has 3 aromatic carbocycles. The van der Waals surface area contributed by atoms with Crippen molar-refractivity contribution in [3.8, 4) is 11.5 Å². The Kier molecular flexibility index (Phi) is 13.1. The molecule has 1 unspecified atom stereocenters. The van der Waals surface area contributed by atoms with Gasteiger partial charge in [0.1, 0.15) is 11.5 Å². The first-order valence-electron chi connectivity index (χ1n) is 18.7. The standard InChI is InChI=1S/C41H51ClN4O6/c42-31-12-8-10-29(24-31)40(46(41(50)51)35-27-45-21-18-28(35)19-22-45)30-11-9-13-32(25-30)52-23-7-5-3-1-2-4-6-20-43-26-37(48)33-14-16-36(47)39-34(33)15-17-38(49)44-39/h8-17,24-25,28,35,37,40,43,47-48H,1-7,18-23,26-27H2,(H,44,49)(H,50,51)/t35-,37-,40?/m0/s1. The van der Waals surface area contributed by atoms with Gasteiger partial charge in [-0.15, -0.1) is 0 Å². The van der Waals surface area contributed by atoms with Crippen LogP contribution in [-0.2, 0) is 0 Å². The van der Waals surface area contributed by atoms with Crippen LogP contribution in [0.4, 0.5) is 4.79 Å². The number of aromatic nitrogens is 1. The number of fused-ring (bicyclic) bond motifs is 4. The lowest BCUT2D eigenvalue weighted by Gasteiger charge is -2.50. The van der Waals surface area contributed by atoms with Gasteiger partial charge in [0.2, 0.25) is 5.56 Å². The number of phenols is 1. The van der Waals surface area contributed by atoms with Crippen molar-refractivity contribution in [1.29, 1.82) is 0 Å². The average molecular weight is 731 g/mol. The van der Waals surface area contributed by atoms with E-state index < -0.39 is 18.2 Å². The number of amides is 1. The van der Waals surface area contributed by atoms with E-state index in [1.807, 2.05) is 48.5 Å². The smallest absolute Gasteiger partial charge is 0.408 e. The minimum Gasteiger partial charge on any atom is -0.506 e. The number of halogens is 1. The third kappa shape index (κ3) is 9.46. The number of pyridine rings is 1. The minimum absolute atomic E-state index is 0.0152. The highest BCUT2D eigenvalue weighted by Gasteiger charge is 2.43. The molecule has 11 heteroatoms. The molecule has 52 heavy (non-hydrogen) atoms. The van der Waals surface area contributed by atoms with Crippen LogP contribution in [0.2, 0.25) is 5.02 Å². The van der Waals surface area contributed by atoms with Crippen molar-refractivity contribution < 1.29 is 24.9 Å². The molecule has 5 N–H and O–H groups in total. The van der Waals surface area contributed by atoms with Crippen LogP contribution in [0.25, 0.3) is 10.9 Å². The minimum atomic E-state index is -0.912. The Bertz CT molecular complexity index is 1840. The number of nitrogens with one attached hydrogen (secondary N) is 2. The van der Waals surface area contributed by atoms with E-state index >= 15 is 0 Å². The maximum atomic E-state index is 13.0. The summed E-state index contributed by atoms with van der Waals surface area (Å²) in [5, 5.41) is 36.0. The van der Waals surface area contributed by atoms with Crippen molar-refractivity contribution in [3.05, 3.63) is 105 Å². The van der Waals surface area contributed by atoms with Crippen molar-refractivity contribution in [2.24, 2.45) is 5.92 Å². The summed E-state index contributed by atoms with van der Waals surface area (Å²) in [5.41, 5.74) is 2.45. The number of hydrogen-bond acceptors (Lipinski definition) is 7. The Morgan fingerprint density at radius 1 is 0.942 bits per heavy atom. The predicted molar refractivity (Wildman–Crippen MR) is 204 cm³/mol. The van der Waals surface area contributed by atoms with Crippen molar-refractivity contribution in [2.75, 3.05) is 39.3 Å². The molecule has 3 atom stereocenters. The molecule has 3 saturated heterocycles. The molecule has 10 nitrogen and oxygen atoms in total. The molecule has 3 aliphatic heterocycles. The molecule has 0 spiro atoms. The van der Waals surface area contributed by atoms with Gasteiger partial charge < -0.3 is 35.3 Å². The predicted octanol–water partition coefficient (Wildman–Crippen LogP) is 7.48. The molecule has 3 aliphatic rings. The molecule has 278 valence electrons. The van der Waals surface area contributed by atoms with Gasteiger partial charge in [-0.05, 0) is 104 Å². The number of unbranched alkanes of at least 4 members (excludes halogenated alkanes) is 6. The monoisotopic (exact) mass is 730 g/mol. The molecule has 7 rings (SSSR count). The summed E-state index contributed by atoms with van der Waals surface area (Å²) in [6.07, 6.45) is 7.97. The second-order valence-electron chi connectivity index (χ2n) is 14.3. The summed E-state index contributed by atoms with van der Waals surface area (Å²) in [6.45, 7) is 4.64. The topological polar surface area (TPSA) is 138 Å². The molecule has 0 saturated carbocycles. The molecular weight excluding hydrogens is 680 g/mol. The number of nitrogens with zero attached hydrogens (tertiary/aromatic N) is 2. The Morgan fingerprint density at radius 2 is 1.65 bits per heavy atom. The van der Waals surface area contributed by atoms with E-state index in [1.54, 1.807) is 17.0 Å². The largest absolute Gasteiger partial charge is 0.506 e. The number of rotatable bonds is 18. The number of H-pyrrole nitrogens is 1. The normalized spacial score (nSPS) is 19.4. The van der Waals surface area contributed by atoms with Crippen molar-refractivity contribution in [3.63, 3.8) is 0 Å². The van der Waals surface area contributed by atoms with E-state index in [1.165, 1.54) is 12.1 Å². The first-order chi connectivity index (χ1) is 25.3. The highest BCUT2D eigenvalue weighted by atomic mass is 35.5. The number of ether oxygens (including phenoxy) is 1. The first-order valence-corrected chi connectivity index (χ1v) is 19.1. The van der Waals surface area contributed by atoms with Crippen molar-refractivity contribution in [2.45, 2.75) is 76.0 Å². The third-order valence-electron chi connectivity index (χ3n) is 10.7. The SMILES string of the molecule is O=C(O)N(C(c1cccc(Cl)c1)c1cccc(OCCCCCCCCCNC[C@H](O)c2ccc(O)c3[nH]c(=O)ccc23)c1)[C@H]1CN2CCC1CC2. The Balaban J connectivity index is 0.915. The fraction of sp³-hybridized carbons (Fsp3) is 0.463. The van der Waals surface area contributed by atoms with Gasteiger partial charge in [-0.2, -0.15) is 0 Å². The maximum absolute atomic E-state index is 13.0. The zero-order chi connectivity index (χ0) is 36.5. The first kappa shape index (κ1) is 37.7. The highest BCUT2D eigenvalue weighted by Crippen LogP contribution is 2.39. The number of carbonyl (C=O) groups is 1. The maximum Gasteiger partial charge on any atom is 0.408 e. The number of hydrogen-bond donors (Lipinski definition) is 5. The highest BCUT2D eigenvalue weighted by molar-refractivity contribution is 6.30. The Morgan fingerprint density at radius 3 is 2.37 bits per heavy atom. The van der Waals surface area contributed by atoms with Gasteiger partial charge in [0.15, 0.2) is 0 Å². The second kappa shape index (κ2) is 18.1. The molecule has 3 fully saturated rings. The fourth-order valence-corrected chi connectivity index (χ4v) is 8.18. The molecule has 1 aromatic heterocycles. The number of phenolic OH excluding ortho intramolecular Hbond substituents is 1. The van der Waals surface area contributed by atoms with E-state index in [0.29, 0.717) is 40.6 Å². The molecule has 0 aliphatic carbocycles. The number of aromatic amines is 1. The van der Waals surface area contributed by atoms with Crippen LogP contribution in [0.1, 0.15) is 86.6 Å². The van der Waals surface area contributed by atoms with E-state index in [9.17, 15) is 24.9 Å². The van der Waals surface area contributed by atoms with Crippen LogP contribution in [0, 0.1) is 5.92 Å². The van der Waals surface area contributed by atoms with Gasteiger partial charge >= 0.3 is 6.09 Å². The number of piperidine rings is 3. The summed E-state index contributed by atoms with van der Waals surface area (Å²) < 4.78 is 6.19. The summed E-state index contributed by atoms with van der Waals surface area (Å²) in [5.74, 6) is 1.08. The van der Waals surface area contributed by atoms with Gasteiger partial charge in [-0.1, -0.05) is 74.0 Å². The number of aromatic hydroxyl groups is 1. The fourth-order valence-electron chi connectivity index (χ4n) is 7.98. The second-order valence-corrected chi connectivity index (χ2v) is 14.7. The third-order valence-corrected chi connectivity index (χ3v) is 10.9. The van der Waals surface area contributed by atoms with Gasteiger partial charge in [0.05, 0.1) is 30.3 Å². The average Bonchev–Trinajstić information content (AvgIpc) is 3.15. The van der Waals surface area contributed by atoms with Crippen LogP contribution in [0.15, 0.2) is 77.6 Å². The van der Waals surface area contributed by atoms with Crippen molar-refractivity contribution >= 4 is 28.6 Å². The lowest BCUT2D eigenvalue weighted by molar-refractivity contribution is -0.000811. The lowest BCUT2D eigenvalue weighted by Crippen LogP contribution is -2.59. The lowest BCUT2D eigenvalue weighted by atomic mass is 9.81. The van der Waals surface area contributed by atoms with E-state index in [0.717, 1.165) is 101 Å². The van der Waals surface area contributed by atoms with E-state index in [2.05, 4.69) is 15.2 Å². The summed E-state index contributed by atoms with van der Waals surface area (Å²) in [4.78, 5) is 31.3. The summed E-state index contributed by atoms with van der Waals surface area (Å²) in [6, 6.07) is 21.1. The zero-order valence-corrected chi connectivity index (χ0v) is 30.4. The summed E-state index contributed by atoms with van der Waals surface area (Å²) in [7, 11) is 0. The van der Waals surface area contributed by atoms with Gasteiger partial charge in [0, 0.05) is 29.6 Å². The number of aliphatic hydroxyl groups is 1. The van der Waals surface area contributed by atoms with Gasteiger partial charge in [-0.3, -0.25) is 9.69 Å². The van der Waals surface area contributed by atoms with Gasteiger partial charge in [0.25, 0.3) is 0 Å². The van der Waals surface area contributed by atoms with Crippen LogP contribution >= 0.6 is 11.6 Å². The van der Waals surface area contributed by atoms with Crippen LogP contribution in [-0.4, -0.2) is 81.6 Å².